The quantitative estimate of drug-likeness (QED) is 0.536. The lowest BCUT2D eigenvalue weighted by Gasteiger charge is -2.52. The van der Waals surface area contributed by atoms with Crippen LogP contribution in [0.15, 0.2) is 18.2 Å². The van der Waals surface area contributed by atoms with E-state index in [1.807, 2.05) is 4.90 Å². The Morgan fingerprint density at radius 3 is 2.86 bits per heavy atom. The van der Waals surface area contributed by atoms with Crippen LogP contribution in [0.5, 0.6) is 5.75 Å². The predicted molar refractivity (Wildman–Crippen MR) is 112 cm³/mol. The molecule has 0 spiro atoms. The smallest absolute Gasteiger partial charge is 0.210 e. The zero-order valence-electron chi connectivity index (χ0n) is 17.8. The number of carbonyl (C=O) groups is 1. The molecule has 4 rings (SSSR count). The molecule has 0 unspecified atom stereocenters. The summed E-state index contributed by atoms with van der Waals surface area (Å²) in [7, 11) is 1.74. The number of hydrogen-bond acceptors (Lipinski definition) is 4. The topological polar surface area (TPSA) is 59.0 Å². The van der Waals surface area contributed by atoms with Crippen molar-refractivity contribution in [2.24, 2.45) is 17.3 Å². The number of ether oxygens (including phenoxy) is 2. The van der Waals surface area contributed by atoms with E-state index in [4.69, 9.17) is 14.6 Å². The SMILES string of the molecule is COc1ccc2c(c1)CC[C@@H]1[C@@H]2CC[C@]2(C)[C@@H](N(C=O)CCOCCO)CC[C@@H]12. The van der Waals surface area contributed by atoms with Crippen molar-refractivity contribution in [3.05, 3.63) is 29.3 Å². The van der Waals surface area contributed by atoms with Crippen LogP contribution in [0.4, 0.5) is 0 Å². The summed E-state index contributed by atoms with van der Waals surface area (Å²) >= 11 is 0. The summed E-state index contributed by atoms with van der Waals surface area (Å²) < 4.78 is 10.9. The van der Waals surface area contributed by atoms with E-state index < -0.39 is 0 Å². The average molecular weight is 402 g/mol. The molecule has 0 radical (unpaired) electrons. The minimum Gasteiger partial charge on any atom is -0.497 e. The fourth-order valence-corrected chi connectivity index (χ4v) is 6.82. The van der Waals surface area contributed by atoms with Gasteiger partial charge >= 0.3 is 0 Å². The molecule has 29 heavy (non-hydrogen) atoms. The molecule has 0 aliphatic heterocycles. The highest BCUT2D eigenvalue weighted by molar-refractivity contribution is 5.48. The molecule has 160 valence electrons. The van der Waals surface area contributed by atoms with Gasteiger partial charge in [-0.3, -0.25) is 4.79 Å². The molecule has 5 heteroatoms. The predicted octanol–water partition coefficient (Wildman–Crippen LogP) is 3.39. The van der Waals surface area contributed by atoms with Gasteiger partial charge in [0.2, 0.25) is 6.41 Å². The Bertz CT molecular complexity index is 723. The highest BCUT2D eigenvalue weighted by Gasteiger charge is 2.56. The van der Waals surface area contributed by atoms with Gasteiger partial charge in [0.15, 0.2) is 0 Å². The number of aryl methyl sites for hydroxylation is 1. The number of amides is 1. The van der Waals surface area contributed by atoms with Crippen LogP contribution < -0.4 is 4.74 Å². The molecule has 5 nitrogen and oxygen atoms in total. The monoisotopic (exact) mass is 401 g/mol. The van der Waals surface area contributed by atoms with E-state index in [1.165, 1.54) is 36.8 Å². The maximum absolute atomic E-state index is 11.9. The Morgan fingerprint density at radius 1 is 1.24 bits per heavy atom. The molecule has 0 aromatic heterocycles. The Hall–Kier alpha value is -1.59. The molecule has 2 fully saturated rings. The van der Waals surface area contributed by atoms with E-state index in [2.05, 4.69) is 25.1 Å². The van der Waals surface area contributed by atoms with Gasteiger partial charge in [-0.15, -0.1) is 0 Å². The molecular weight excluding hydrogens is 366 g/mol. The van der Waals surface area contributed by atoms with Crippen LogP contribution in [0.25, 0.3) is 0 Å². The van der Waals surface area contributed by atoms with Gasteiger partial charge in [0, 0.05) is 12.6 Å². The number of methoxy groups -OCH3 is 1. The van der Waals surface area contributed by atoms with Gasteiger partial charge < -0.3 is 19.5 Å². The molecule has 5 atom stereocenters. The Morgan fingerprint density at radius 2 is 2.10 bits per heavy atom. The van der Waals surface area contributed by atoms with Crippen molar-refractivity contribution in [3.63, 3.8) is 0 Å². The highest BCUT2D eigenvalue weighted by Crippen LogP contribution is 2.61. The number of hydrogen-bond donors (Lipinski definition) is 1. The molecule has 3 aliphatic carbocycles. The summed E-state index contributed by atoms with van der Waals surface area (Å²) in [6, 6.07) is 6.96. The molecule has 2 saturated carbocycles. The lowest BCUT2D eigenvalue weighted by Crippen LogP contribution is -2.50. The van der Waals surface area contributed by atoms with Crippen LogP contribution in [0.3, 0.4) is 0 Å². The number of aliphatic hydroxyl groups excluding tert-OH is 1. The first kappa shape index (κ1) is 20.7. The van der Waals surface area contributed by atoms with Crippen LogP contribution in [0.2, 0.25) is 0 Å². The number of rotatable bonds is 8. The third kappa shape index (κ3) is 3.68. The van der Waals surface area contributed by atoms with Crippen molar-refractivity contribution < 1.29 is 19.4 Å². The minimum atomic E-state index is 0.0285. The summed E-state index contributed by atoms with van der Waals surface area (Å²) in [6.45, 7) is 3.91. The maximum Gasteiger partial charge on any atom is 0.210 e. The summed E-state index contributed by atoms with van der Waals surface area (Å²) in [5.74, 6) is 3.02. The largest absolute Gasteiger partial charge is 0.497 e. The van der Waals surface area contributed by atoms with Crippen molar-refractivity contribution in [3.8, 4) is 5.75 Å². The van der Waals surface area contributed by atoms with E-state index in [0.717, 1.165) is 30.9 Å². The normalized spacial score (nSPS) is 32.8. The van der Waals surface area contributed by atoms with Crippen LogP contribution in [-0.2, 0) is 16.0 Å². The standard InChI is InChI=1S/C24H35NO4/c1-24-10-9-20-19-6-4-18(28-2)15-17(19)3-5-21(20)22(24)7-8-23(24)25(16-27)11-13-29-14-12-26/h4,6,15-16,20-23,26H,3,5,7-14H2,1-2H3/t20-,21-,22+,23+,24+/m1/s1. The Kier molecular flexibility index (Phi) is 6.16. The summed E-state index contributed by atoms with van der Waals surface area (Å²) in [4.78, 5) is 13.9. The second-order valence-electron chi connectivity index (χ2n) is 9.30. The molecule has 1 amide bonds. The van der Waals surface area contributed by atoms with Crippen LogP contribution in [-0.4, -0.2) is 55.9 Å². The third-order valence-corrected chi connectivity index (χ3v) is 8.15. The lowest BCUT2D eigenvalue weighted by atomic mass is 9.55. The molecule has 0 heterocycles. The Labute approximate surface area is 174 Å². The van der Waals surface area contributed by atoms with Crippen molar-refractivity contribution in [1.82, 2.24) is 4.90 Å². The Balaban J connectivity index is 1.50. The van der Waals surface area contributed by atoms with E-state index in [1.54, 1.807) is 7.11 Å². The van der Waals surface area contributed by atoms with Crippen molar-refractivity contribution in [1.29, 1.82) is 0 Å². The summed E-state index contributed by atoms with van der Waals surface area (Å²) in [5, 5.41) is 8.89. The number of aliphatic hydroxyl groups is 1. The first-order chi connectivity index (χ1) is 14.1. The first-order valence-corrected chi connectivity index (χ1v) is 11.2. The maximum atomic E-state index is 11.9. The minimum absolute atomic E-state index is 0.0285. The second-order valence-corrected chi connectivity index (χ2v) is 9.30. The van der Waals surface area contributed by atoms with Gasteiger partial charge in [0.05, 0.1) is 26.9 Å². The fourth-order valence-electron chi connectivity index (χ4n) is 6.82. The molecule has 1 N–H and O–H groups in total. The third-order valence-electron chi connectivity index (χ3n) is 8.15. The number of fused-ring (bicyclic) bond motifs is 5. The summed E-state index contributed by atoms with van der Waals surface area (Å²) in [5.41, 5.74) is 3.21. The molecule has 0 bridgehead atoms. The van der Waals surface area contributed by atoms with E-state index in [9.17, 15) is 4.79 Å². The van der Waals surface area contributed by atoms with Crippen molar-refractivity contribution in [2.45, 2.75) is 57.4 Å². The van der Waals surface area contributed by atoms with Gasteiger partial charge in [-0.1, -0.05) is 13.0 Å². The molecule has 1 aromatic carbocycles. The second kappa shape index (κ2) is 8.65. The van der Waals surface area contributed by atoms with E-state index in [0.29, 0.717) is 37.6 Å². The number of benzene rings is 1. The van der Waals surface area contributed by atoms with Crippen LogP contribution in [0.1, 0.15) is 56.1 Å². The lowest BCUT2D eigenvalue weighted by molar-refractivity contribution is -0.125. The van der Waals surface area contributed by atoms with Gasteiger partial charge in [-0.25, -0.2) is 0 Å². The van der Waals surface area contributed by atoms with Crippen molar-refractivity contribution in [2.75, 3.05) is 33.5 Å². The van der Waals surface area contributed by atoms with Gasteiger partial charge in [-0.05, 0) is 85.0 Å². The van der Waals surface area contributed by atoms with E-state index in [-0.39, 0.29) is 12.0 Å². The first-order valence-electron chi connectivity index (χ1n) is 11.2. The summed E-state index contributed by atoms with van der Waals surface area (Å²) in [6.07, 6.45) is 8.11. The number of carbonyl (C=O) groups excluding carboxylic acids is 1. The molecule has 3 aliphatic rings. The zero-order chi connectivity index (χ0) is 20.4. The van der Waals surface area contributed by atoms with Gasteiger partial charge in [0.25, 0.3) is 0 Å². The van der Waals surface area contributed by atoms with E-state index >= 15 is 0 Å². The molecular formula is C24H35NO4. The molecule has 0 saturated heterocycles. The average Bonchev–Trinajstić information content (AvgIpc) is 3.10. The highest BCUT2D eigenvalue weighted by atomic mass is 16.5. The number of nitrogens with zero attached hydrogens (tertiary/aromatic N) is 1. The van der Waals surface area contributed by atoms with Gasteiger partial charge in [-0.2, -0.15) is 0 Å². The molecule has 1 aromatic rings. The fraction of sp³-hybridized carbons (Fsp3) is 0.708. The van der Waals surface area contributed by atoms with Crippen LogP contribution in [0, 0.1) is 17.3 Å². The van der Waals surface area contributed by atoms with Gasteiger partial charge in [0.1, 0.15) is 5.75 Å². The zero-order valence-corrected chi connectivity index (χ0v) is 17.8. The van der Waals surface area contributed by atoms with Crippen LogP contribution >= 0.6 is 0 Å². The van der Waals surface area contributed by atoms with Crippen molar-refractivity contribution >= 4 is 6.41 Å².